The van der Waals surface area contributed by atoms with Gasteiger partial charge in [-0.2, -0.15) is 17.5 Å². The second-order valence-corrected chi connectivity index (χ2v) is 13.6. The zero-order valence-corrected chi connectivity index (χ0v) is 21.4. The van der Waals surface area contributed by atoms with Gasteiger partial charge in [-0.3, -0.25) is 4.79 Å². The number of benzene rings is 1. The van der Waals surface area contributed by atoms with Gasteiger partial charge in [-0.15, -0.1) is 0 Å². The van der Waals surface area contributed by atoms with Crippen LogP contribution in [-0.4, -0.2) is 54.7 Å². The van der Waals surface area contributed by atoms with E-state index < -0.39 is 27.8 Å². The van der Waals surface area contributed by atoms with Gasteiger partial charge in [0.05, 0.1) is 16.5 Å². The first-order valence-corrected chi connectivity index (χ1v) is 13.9. The Morgan fingerprint density at radius 1 is 1.09 bits per heavy atom. The molecular weight excluding hydrogens is 479 g/mol. The molecule has 0 spiro atoms. The second kappa shape index (κ2) is 9.34. The van der Waals surface area contributed by atoms with E-state index in [1.54, 1.807) is 0 Å². The molecule has 1 amide bonds. The second-order valence-electron chi connectivity index (χ2n) is 11.6. The molecule has 2 saturated carbocycles. The number of amides is 1. The van der Waals surface area contributed by atoms with Crippen LogP contribution in [0.1, 0.15) is 64.9 Å². The zero-order chi connectivity index (χ0) is 25.8. The van der Waals surface area contributed by atoms with E-state index >= 15 is 0 Å². The van der Waals surface area contributed by atoms with Gasteiger partial charge in [-0.1, -0.05) is 20.8 Å². The number of sulfonamides is 1. The predicted molar refractivity (Wildman–Crippen MR) is 127 cm³/mol. The highest BCUT2D eigenvalue weighted by atomic mass is 32.2. The highest BCUT2D eigenvalue weighted by Gasteiger charge is 2.51. The number of fused-ring (bicyclic) bond motifs is 1. The summed E-state index contributed by atoms with van der Waals surface area (Å²) in [5, 5.41) is 0. The summed E-state index contributed by atoms with van der Waals surface area (Å²) in [6, 6.07) is 3.16. The Hall–Kier alpha value is -1.65. The largest absolute Gasteiger partial charge is 0.416 e. The summed E-state index contributed by atoms with van der Waals surface area (Å²) in [5.41, 5.74) is 5.40. The third kappa shape index (κ3) is 5.39. The third-order valence-electron chi connectivity index (χ3n) is 7.83. The Kier molecular flexibility index (Phi) is 7.05. The Bertz CT molecular complexity index is 1030. The molecule has 0 aromatic heterocycles. The molecule has 4 rings (SSSR count). The number of nitrogens with two attached hydrogens (primary N) is 1. The van der Waals surface area contributed by atoms with Crippen molar-refractivity contribution in [1.82, 2.24) is 9.21 Å². The summed E-state index contributed by atoms with van der Waals surface area (Å²) in [6.45, 7) is 6.76. The first kappa shape index (κ1) is 26.4. The molecule has 3 fully saturated rings. The van der Waals surface area contributed by atoms with Crippen molar-refractivity contribution in [3.63, 3.8) is 0 Å². The maximum atomic E-state index is 13.5. The lowest BCUT2D eigenvalue weighted by molar-refractivity contribution is -0.141. The standard InChI is InChI=1S/C25H36F3N3O3S/c1-24(2,3)13-21(29)23(32)31(18-5-4-6-18)22-12-7-16-14-30(15-20(16)22)35(33,34)19-10-8-17(9-11-19)25(26,27)28/h8-11,16,18,20-22H,4-7,12-15,29H2,1-3H3/t16-,20+,21+,22+/m1/s1. The highest BCUT2D eigenvalue weighted by molar-refractivity contribution is 7.89. The molecule has 1 saturated heterocycles. The van der Waals surface area contributed by atoms with E-state index in [-0.39, 0.29) is 46.7 Å². The van der Waals surface area contributed by atoms with Gasteiger partial charge in [-0.25, -0.2) is 8.42 Å². The van der Waals surface area contributed by atoms with Crippen LogP contribution in [0.3, 0.4) is 0 Å². The fraction of sp³-hybridized carbons (Fsp3) is 0.720. The first-order valence-electron chi connectivity index (χ1n) is 12.4. The molecule has 6 nitrogen and oxygen atoms in total. The molecule has 35 heavy (non-hydrogen) atoms. The van der Waals surface area contributed by atoms with Crippen molar-refractivity contribution in [3.05, 3.63) is 29.8 Å². The molecule has 4 atom stereocenters. The minimum absolute atomic E-state index is 0.00519. The Balaban J connectivity index is 1.52. The third-order valence-corrected chi connectivity index (χ3v) is 9.68. The minimum Gasteiger partial charge on any atom is -0.335 e. The molecule has 1 aromatic carbocycles. The van der Waals surface area contributed by atoms with Crippen molar-refractivity contribution in [2.75, 3.05) is 13.1 Å². The predicted octanol–water partition coefficient (Wildman–Crippen LogP) is 4.25. The number of carbonyl (C=O) groups is 1. The van der Waals surface area contributed by atoms with E-state index in [1.165, 1.54) is 4.31 Å². The highest BCUT2D eigenvalue weighted by Crippen LogP contribution is 2.45. The van der Waals surface area contributed by atoms with Gasteiger partial charge in [-0.05, 0) is 80.0 Å². The van der Waals surface area contributed by atoms with Crippen LogP contribution in [0.5, 0.6) is 0 Å². The maximum absolute atomic E-state index is 13.5. The molecule has 0 bridgehead atoms. The Morgan fingerprint density at radius 2 is 1.71 bits per heavy atom. The van der Waals surface area contributed by atoms with Gasteiger partial charge in [0, 0.05) is 25.2 Å². The van der Waals surface area contributed by atoms with Crippen molar-refractivity contribution >= 4 is 15.9 Å². The summed E-state index contributed by atoms with van der Waals surface area (Å²) in [5.74, 6) is 0.0865. The Morgan fingerprint density at radius 3 is 2.23 bits per heavy atom. The van der Waals surface area contributed by atoms with E-state index in [9.17, 15) is 26.4 Å². The number of hydrogen-bond acceptors (Lipinski definition) is 4. The average Bonchev–Trinajstić information content (AvgIpc) is 3.30. The lowest BCUT2D eigenvalue weighted by atomic mass is 9.84. The van der Waals surface area contributed by atoms with Gasteiger partial charge < -0.3 is 10.6 Å². The fourth-order valence-electron chi connectivity index (χ4n) is 5.92. The molecule has 1 aromatic rings. The molecule has 0 unspecified atom stereocenters. The number of rotatable bonds is 6. The van der Waals surface area contributed by atoms with Crippen LogP contribution in [0.15, 0.2) is 29.2 Å². The molecule has 10 heteroatoms. The number of halogens is 3. The van der Waals surface area contributed by atoms with Crippen molar-refractivity contribution in [3.8, 4) is 0 Å². The van der Waals surface area contributed by atoms with Crippen LogP contribution < -0.4 is 5.73 Å². The quantitative estimate of drug-likeness (QED) is 0.614. The van der Waals surface area contributed by atoms with E-state index in [2.05, 4.69) is 20.8 Å². The summed E-state index contributed by atoms with van der Waals surface area (Å²) in [6.07, 6.45) is 0.645. The van der Waals surface area contributed by atoms with E-state index in [4.69, 9.17) is 5.73 Å². The van der Waals surface area contributed by atoms with Crippen molar-refractivity contribution in [2.45, 2.75) is 88.5 Å². The molecule has 1 heterocycles. The van der Waals surface area contributed by atoms with E-state index in [0.717, 1.165) is 56.4 Å². The normalized spacial score (nSPS) is 26.9. The van der Waals surface area contributed by atoms with Gasteiger partial charge in [0.15, 0.2) is 0 Å². The van der Waals surface area contributed by atoms with Crippen molar-refractivity contribution in [1.29, 1.82) is 0 Å². The van der Waals surface area contributed by atoms with Crippen LogP contribution in [0.2, 0.25) is 0 Å². The fourth-order valence-corrected chi connectivity index (χ4v) is 7.45. The topological polar surface area (TPSA) is 83.7 Å². The number of alkyl halides is 3. The molecule has 196 valence electrons. The number of carbonyl (C=O) groups excluding carboxylic acids is 1. The van der Waals surface area contributed by atoms with Crippen LogP contribution in [0.25, 0.3) is 0 Å². The van der Waals surface area contributed by atoms with Crippen LogP contribution in [0.4, 0.5) is 13.2 Å². The van der Waals surface area contributed by atoms with Gasteiger partial charge in [0.1, 0.15) is 0 Å². The van der Waals surface area contributed by atoms with E-state index in [0.29, 0.717) is 13.0 Å². The average molecular weight is 516 g/mol. The molecule has 2 N–H and O–H groups in total. The van der Waals surface area contributed by atoms with Crippen LogP contribution in [0, 0.1) is 17.3 Å². The van der Waals surface area contributed by atoms with Crippen molar-refractivity contribution in [2.24, 2.45) is 23.0 Å². The molecule has 0 radical (unpaired) electrons. The maximum Gasteiger partial charge on any atom is 0.416 e. The lowest BCUT2D eigenvalue weighted by Crippen LogP contribution is -2.57. The summed E-state index contributed by atoms with van der Waals surface area (Å²) in [4.78, 5) is 15.4. The van der Waals surface area contributed by atoms with Crippen molar-refractivity contribution < 1.29 is 26.4 Å². The van der Waals surface area contributed by atoms with Gasteiger partial charge in [0.25, 0.3) is 0 Å². The Labute approximate surface area is 206 Å². The SMILES string of the molecule is CC(C)(C)C[C@H](N)C(=O)N(C1CCC1)[C@H]1CC[C@@H]2CN(S(=O)(=O)c3ccc(C(F)(F)F)cc3)C[C@@H]21. The first-order chi connectivity index (χ1) is 16.2. The number of nitrogens with zero attached hydrogens (tertiary/aromatic N) is 2. The lowest BCUT2D eigenvalue weighted by Gasteiger charge is -2.45. The summed E-state index contributed by atoms with van der Waals surface area (Å²) >= 11 is 0. The zero-order valence-electron chi connectivity index (χ0n) is 20.6. The van der Waals surface area contributed by atoms with Gasteiger partial charge in [0.2, 0.25) is 15.9 Å². The minimum atomic E-state index is -4.52. The molecular formula is C25H36F3N3O3S. The van der Waals surface area contributed by atoms with E-state index in [1.807, 2.05) is 4.90 Å². The monoisotopic (exact) mass is 515 g/mol. The summed E-state index contributed by atoms with van der Waals surface area (Å²) in [7, 11) is -3.93. The van der Waals surface area contributed by atoms with Crippen LogP contribution in [-0.2, 0) is 21.0 Å². The number of hydrogen-bond donors (Lipinski definition) is 1. The molecule has 3 aliphatic rings. The molecule has 2 aliphatic carbocycles. The smallest absolute Gasteiger partial charge is 0.335 e. The molecule has 1 aliphatic heterocycles. The summed E-state index contributed by atoms with van der Waals surface area (Å²) < 4.78 is 66.6. The van der Waals surface area contributed by atoms with Gasteiger partial charge >= 0.3 is 6.18 Å². The van der Waals surface area contributed by atoms with Crippen LogP contribution >= 0.6 is 0 Å².